The zero-order chi connectivity index (χ0) is 24.5. The van der Waals surface area contributed by atoms with Crippen molar-refractivity contribution in [3.63, 3.8) is 0 Å². The molecule has 1 heterocycles. The van der Waals surface area contributed by atoms with Crippen LogP contribution in [0.1, 0.15) is 16.7 Å². The molecule has 0 unspecified atom stereocenters. The molecule has 0 radical (unpaired) electrons. The summed E-state index contributed by atoms with van der Waals surface area (Å²) in [6.07, 6.45) is -7.55. The van der Waals surface area contributed by atoms with Gasteiger partial charge >= 0.3 is 12.4 Å². The van der Waals surface area contributed by atoms with E-state index < -0.39 is 23.5 Å². The predicted molar refractivity (Wildman–Crippen MR) is 116 cm³/mol. The van der Waals surface area contributed by atoms with E-state index in [4.69, 9.17) is 0 Å². The first-order valence-electron chi connectivity index (χ1n) is 9.89. The van der Waals surface area contributed by atoms with Crippen molar-refractivity contribution < 1.29 is 26.3 Å². The molecule has 0 saturated carbocycles. The third kappa shape index (κ3) is 4.98. The topological polar surface area (TPSA) is 38.7 Å². The summed E-state index contributed by atoms with van der Waals surface area (Å²) in [5.41, 5.74) is -0.377. The van der Waals surface area contributed by atoms with Crippen LogP contribution in [0.25, 0.3) is 40.2 Å². The van der Waals surface area contributed by atoms with Gasteiger partial charge in [0, 0.05) is 16.7 Å². The summed E-state index contributed by atoms with van der Waals surface area (Å²) in [6, 6.07) is 15.6. The molecule has 0 N–H and O–H groups in total. The second-order valence-corrected chi connectivity index (χ2v) is 7.29. The number of hydrogen-bond acceptors (Lipinski definition) is 3. The van der Waals surface area contributed by atoms with Gasteiger partial charge in [-0.2, -0.15) is 26.3 Å². The smallest absolute Gasteiger partial charge is 0.208 e. The summed E-state index contributed by atoms with van der Waals surface area (Å²) in [7, 11) is 0. The van der Waals surface area contributed by atoms with E-state index >= 15 is 0 Å². The van der Waals surface area contributed by atoms with E-state index in [9.17, 15) is 26.3 Å². The molecule has 0 fully saturated rings. The molecule has 0 saturated heterocycles. The van der Waals surface area contributed by atoms with E-state index in [0.29, 0.717) is 5.56 Å². The van der Waals surface area contributed by atoms with Crippen molar-refractivity contribution in [2.24, 2.45) is 0 Å². The van der Waals surface area contributed by atoms with Gasteiger partial charge in [0.25, 0.3) is 0 Å². The minimum atomic E-state index is -4.59. The standard InChI is InChI=1S/C25H15F6N3/c1-2-15-9-11-16(12-10-15)21-32-22(17-5-3-7-19(13-17)24(26,27)28)34-23(33-21)18-6-4-8-20(14-18)25(29,30)31/h2-14H,1H2. The third-order valence-corrected chi connectivity index (χ3v) is 4.94. The van der Waals surface area contributed by atoms with Crippen LogP contribution in [-0.2, 0) is 12.4 Å². The van der Waals surface area contributed by atoms with Gasteiger partial charge in [-0.1, -0.05) is 61.2 Å². The SMILES string of the molecule is C=Cc1ccc(-c2nc(-c3cccc(C(F)(F)F)c3)nc(-c3cccc(C(F)(F)F)c3)n2)cc1. The van der Waals surface area contributed by atoms with Crippen molar-refractivity contribution in [3.05, 3.63) is 96.1 Å². The van der Waals surface area contributed by atoms with Crippen molar-refractivity contribution >= 4 is 6.08 Å². The Bertz CT molecular complexity index is 1270. The quantitative estimate of drug-likeness (QED) is 0.289. The van der Waals surface area contributed by atoms with E-state index in [1.54, 1.807) is 30.3 Å². The number of aromatic nitrogens is 3. The molecule has 0 spiro atoms. The number of alkyl halides is 6. The molecular weight excluding hydrogens is 456 g/mol. The zero-order valence-corrected chi connectivity index (χ0v) is 17.3. The van der Waals surface area contributed by atoms with Crippen LogP contribution in [-0.4, -0.2) is 15.0 Å². The summed E-state index contributed by atoms with van der Waals surface area (Å²) in [5.74, 6) is -0.0990. The molecule has 1 aromatic heterocycles. The van der Waals surface area contributed by atoms with Crippen LogP contribution in [0.5, 0.6) is 0 Å². The fourth-order valence-electron chi connectivity index (χ4n) is 3.20. The van der Waals surface area contributed by atoms with E-state index in [-0.39, 0.29) is 28.6 Å². The van der Waals surface area contributed by atoms with Gasteiger partial charge < -0.3 is 0 Å². The van der Waals surface area contributed by atoms with Gasteiger partial charge in [0.05, 0.1) is 11.1 Å². The highest BCUT2D eigenvalue weighted by molar-refractivity contribution is 5.68. The largest absolute Gasteiger partial charge is 0.416 e. The van der Waals surface area contributed by atoms with Crippen LogP contribution in [0.15, 0.2) is 79.4 Å². The molecule has 34 heavy (non-hydrogen) atoms. The first-order chi connectivity index (χ1) is 16.0. The first-order valence-corrected chi connectivity index (χ1v) is 9.89. The van der Waals surface area contributed by atoms with Gasteiger partial charge in [-0.25, -0.2) is 15.0 Å². The fraction of sp³-hybridized carbons (Fsp3) is 0.0800. The van der Waals surface area contributed by atoms with Crippen LogP contribution in [0.3, 0.4) is 0 Å². The summed E-state index contributed by atoms with van der Waals surface area (Å²) >= 11 is 0. The van der Waals surface area contributed by atoms with Crippen LogP contribution < -0.4 is 0 Å². The lowest BCUT2D eigenvalue weighted by Gasteiger charge is -2.12. The van der Waals surface area contributed by atoms with Crippen LogP contribution in [0, 0.1) is 0 Å². The molecule has 0 aliphatic carbocycles. The Morgan fingerprint density at radius 3 is 1.35 bits per heavy atom. The molecule has 3 aromatic carbocycles. The Hall–Kier alpha value is -4.01. The average molecular weight is 471 g/mol. The van der Waals surface area contributed by atoms with Gasteiger partial charge in [0.15, 0.2) is 17.5 Å². The molecule has 3 nitrogen and oxygen atoms in total. The summed E-state index contributed by atoms with van der Waals surface area (Å²) < 4.78 is 79.4. The highest BCUT2D eigenvalue weighted by Crippen LogP contribution is 2.34. The second-order valence-electron chi connectivity index (χ2n) is 7.29. The molecule has 0 atom stereocenters. The van der Waals surface area contributed by atoms with Gasteiger partial charge in [-0.15, -0.1) is 0 Å². The number of benzene rings is 3. The Morgan fingerprint density at radius 1 is 0.559 bits per heavy atom. The minimum absolute atomic E-state index is 0.0504. The van der Waals surface area contributed by atoms with Crippen molar-refractivity contribution in [2.75, 3.05) is 0 Å². The predicted octanol–water partition coefficient (Wildman–Crippen LogP) is 7.55. The maximum absolute atomic E-state index is 13.2. The van der Waals surface area contributed by atoms with Crippen LogP contribution >= 0.6 is 0 Å². The number of hydrogen-bond donors (Lipinski definition) is 0. The third-order valence-electron chi connectivity index (χ3n) is 4.94. The van der Waals surface area contributed by atoms with E-state index in [0.717, 1.165) is 29.8 Å². The molecule has 0 aliphatic rings. The van der Waals surface area contributed by atoms with Crippen molar-refractivity contribution in [2.45, 2.75) is 12.4 Å². The molecule has 172 valence electrons. The summed E-state index contributed by atoms with van der Waals surface area (Å²) in [6.45, 7) is 3.67. The van der Waals surface area contributed by atoms with Crippen LogP contribution in [0.4, 0.5) is 26.3 Å². The maximum Gasteiger partial charge on any atom is 0.416 e. The Labute approximate surface area is 190 Å². The first kappa shape index (κ1) is 23.2. The minimum Gasteiger partial charge on any atom is -0.208 e. The molecule has 0 aliphatic heterocycles. The van der Waals surface area contributed by atoms with Gasteiger partial charge in [-0.3, -0.25) is 0 Å². The van der Waals surface area contributed by atoms with Crippen molar-refractivity contribution in [1.29, 1.82) is 0 Å². The van der Waals surface area contributed by atoms with E-state index in [2.05, 4.69) is 21.5 Å². The number of halogens is 6. The molecular formula is C25H15F6N3. The molecule has 0 bridgehead atoms. The monoisotopic (exact) mass is 471 g/mol. The average Bonchev–Trinajstić information content (AvgIpc) is 2.83. The highest BCUT2D eigenvalue weighted by atomic mass is 19.4. The molecule has 9 heteroatoms. The lowest BCUT2D eigenvalue weighted by Crippen LogP contribution is -2.06. The highest BCUT2D eigenvalue weighted by Gasteiger charge is 2.32. The lowest BCUT2D eigenvalue weighted by molar-refractivity contribution is -0.138. The number of nitrogens with zero attached hydrogens (tertiary/aromatic N) is 3. The van der Waals surface area contributed by atoms with E-state index in [1.807, 2.05) is 0 Å². The van der Waals surface area contributed by atoms with E-state index in [1.165, 1.54) is 24.3 Å². The maximum atomic E-state index is 13.2. The Morgan fingerprint density at radius 2 is 0.971 bits per heavy atom. The summed E-state index contributed by atoms with van der Waals surface area (Å²) in [4.78, 5) is 12.8. The van der Waals surface area contributed by atoms with Crippen molar-refractivity contribution in [3.8, 4) is 34.2 Å². The molecule has 4 rings (SSSR count). The van der Waals surface area contributed by atoms with Crippen LogP contribution in [0.2, 0.25) is 0 Å². The normalized spacial score (nSPS) is 11.9. The van der Waals surface area contributed by atoms with Crippen molar-refractivity contribution in [1.82, 2.24) is 15.0 Å². The fourth-order valence-corrected chi connectivity index (χ4v) is 3.20. The Balaban J connectivity index is 1.91. The molecule has 4 aromatic rings. The molecule has 0 amide bonds. The Kier molecular flexibility index (Phi) is 5.95. The van der Waals surface area contributed by atoms with Gasteiger partial charge in [-0.05, 0) is 29.8 Å². The lowest BCUT2D eigenvalue weighted by atomic mass is 10.1. The number of rotatable bonds is 4. The van der Waals surface area contributed by atoms with Gasteiger partial charge in [0.2, 0.25) is 0 Å². The summed E-state index contributed by atoms with van der Waals surface area (Å²) in [5, 5.41) is 0. The zero-order valence-electron chi connectivity index (χ0n) is 17.3. The van der Waals surface area contributed by atoms with Gasteiger partial charge in [0.1, 0.15) is 0 Å². The second kappa shape index (κ2) is 8.74.